The van der Waals surface area contributed by atoms with Crippen LogP contribution in [0.15, 0.2) is 48.9 Å². The Morgan fingerprint density at radius 2 is 1.93 bits per heavy atom. The minimum Gasteiger partial charge on any atom is -0.493 e. The van der Waals surface area contributed by atoms with Crippen LogP contribution in [-0.2, 0) is 14.8 Å². The number of aromatic nitrogens is 6. The number of hydrogen-bond donors (Lipinski definition) is 1. The summed E-state index contributed by atoms with van der Waals surface area (Å²) >= 11 is 0. The topological polar surface area (TPSA) is 167 Å². The summed E-state index contributed by atoms with van der Waals surface area (Å²) < 4.78 is 62.7. The fourth-order valence-corrected chi connectivity index (χ4v) is 5.62. The number of nitrogens with zero attached hydrogens (tertiary/aromatic N) is 7. The third-order valence-corrected chi connectivity index (χ3v) is 8.25. The molecule has 0 fully saturated rings. The van der Waals surface area contributed by atoms with Crippen LogP contribution in [0.1, 0.15) is 49.9 Å². The van der Waals surface area contributed by atoms with Crippen molar-refractivity contribution in [2.45, 2.75) is 44.3 Å². The van der Waals surface area contributed by atoms with Crippen LogP contribution in [0.3, 0.4) is 0 Å². The van der Waals surface area contributed by atoms with E-state index in [4.69, 9.17) is 14.2 Å². The summed E-state index contributed by atoms with van der Waals surface area (Å²) in [5.74, 6) is 0.164. The smallest absolute Gasteiger partial charge is 0.240 e. The summed E-state index contributed by atoms with van der Waals surface area (Å²) in [6.07, 6.45) is 1.88. The van der Waals surface area contributed by atoms with E-state index in [9.17, 15) is 18.1 Å². The number of hydrogen-bond acceptors (Lipinski definition) is 11. The van der Waals surface area contributed by atoms with Gasteiger partial charge in [0.15, 0.2) is 34.7 Å². The molecular formula is C27H27FN8O5S. The Morgan fingerprint density at radius 1 is 1.17 bits per heavy atom. The number of halogens is 1. The van der Waals surface area contributed by atoms with Crippen LogP contribution in [0, 0.1) is 17.1 Å². The summed E-state index contributed by atoms with van der Waals surface area (Å²) in [5.41, 5.74) is 1.35. The minimum absolute atomic E-state index is 0.00728. The third kappa shape index (κ3) is 5.58. The molecule has 3 aromatic heterocycles. The van der Waals surface area contributed by atoms with Crippen molar-refractivity contribution in [1.82, 2.24) is 29.7 Å². The van der Waals surface area contributed by atoms with Crippen molar-refractivity contribution in [2.75, 3.05) is 18.4 Å². The van der Waals surface area contributed by atoms with Crippen molar-refractivity contribution >= 4 is 16.0 Å². The lowest BCUT2D eigenvalue weighted by atomic mass is 10.0. The Kier molecular flexibility index (Phi) is 8.01. The zero-order chi connectivity index (χ0) is 30.0. The van der Waals surface area contributed by atoms with Crippen molar-refractivity contribution in [2.24, 2.45) is 0 Å². The van der Waals surface area contributed by atoms with Gasteiger partial charge in [-0.15, -0.1) is 10.2 Å². The minimum atomic E-state index is -4.25. The molecule has 1 aliphatic heterocycles. The zero-order valence-corrected chi connectivity index (χ0v) is 23.9. The van der Waals surface area contributed by atoms with E-state index in [2.05, 4.69) is 35.9 Å². The van der Waals surface area contributed by atoms with Gasteiger partial charge in [-0.05, 0) is 38.5 Å². The van der Waals surface area contributed by atoms with Crippen LogP contribution in [0.5, 0.6) is 11.5 Å². The number of nitriles is 1. The van der Waals surface area contributed by atoms with Crippen LogP contribution in [-0.4, -0.2) is 63.2 Å². The molecule has 42 heavy (non-hydrogen) atoms. The van der Waals surface area contributed by atoms with E-state index in [1.807, 2.05) is 0 Å². The number of anilines is 1. The predicted octanol–water partition coefficient (Wildman–Crippen LogP) is 3.43. The first-order valence-electron chi connectivity index (χ1n) is 12.9. The fourth-order valence-electron chi connectivity index (χ4n) is 4.53. The Bertz CT molecular complexity index is 1740. The number of ether oxygens (including phenoxy) is 3. The quantitative estimate of drug-likeness (QED) is 0.301. The molecule has 3 unspecified atom stereocenters. The van der Waals surface area contributed by atoms with Crippen LogP contribution in [0.2, 0.25) is 0 Å². The van der Waals surface area contributed by atoms with Gasteiger partial charge in [0, 0.05) is 12.3 Å². The third-order valence-electron chi connectivity index (χ3n) is 6.56. The van der Waals surface area contributed by atoms with Gasteiger partial charge in [0.2, 0.25) is 16.0 Å². The Hall–Kier alpha value is -4.68. The molecule has 4 heterocycles. The highest BCUT2D eigenvalue weighted by Crippen LogP contribution is 2.42. The lowest BCUT2D eigenvalue weighted by Crippen LogP contribution is -2.35. The maximum absolute atomic E-state index is 13.8. The Balaban J connectivity index is 1.60. The van der Waals surface area contributed by atoms with Crippen molar-refractivity contribution in [3.63, 3.8) is 0 Å². The first kappa shape index (κ1) is 28.8. The molecule has 15 heteroatoms. The average molecular weight is 595 g/mol. The van der Waals surface area contributed by atoms with E-state index in [1.54, 1.807) is 48.7 Å². The number of sulfonamides is 1. The van der Waals surface area contributed by atoms with Gasteiger partial charge in [0.05, 0.1) is 43.3 Å². The van der Waals surface area contributed by atoms with E-state index >= 15 is 0 Å². The summed E-state index contributed by atoms with van der Waals surface area (Å²) in [7, 11) is -2.76. The van der Waals surface area contributed by atoms with Crippen LogP contribution in [0.25, 0.3) is 11.5 Å². The SMILES string of the molecule is COc1ccnc2c1OCC(c1cccc(C#N)c1)n1c(NS(=O)(=O)C(C)C(OC(C)C)c3ncc(F)cn3)nnc1-2. The van der Waals surface area contributed by atoms with E-state index in [0.717, 1.165) is 12.4 Å². The summed E-state index contributed by atoms with van der Waals surface area (Å²) in [4.78, 5) is 12.3. The molecule has 13 nitrogen and oxygen atoms in total. The number of benzene rings is 1. The van der Waals surface area contributed by atoms with Gasteiger partial charge in [-0.25, -0.2) is 27.8 Å². The van der Waals surface area contributed by atoms with E-state index < -0.39 is 39.3 Å². The number of rotatable bonds is 9. The molecule has 3 atom stereocenters. The maximum Gasteiger partial charge on any atom is 0.240 e. The van der Waals surface area contributed by atoms with Gasteiger partial charge in [0.25, 0.3) is 0 Å². The van der Waals surface area contributed by atoms with E-state index in [0.29, 0.717) is 28.3 Å². The van der Waals surface area contributed by atoms with E-state index in [1.165, 1.54) is 20.2 Å². The van der Waals surface area contributed by atoms with Crippen molar-refractivity contribution in [1.29, 1.82) is 5.26 Å². The molecule has 4 aromatic rings. The number of nitrogens with one attached hydrogen (secondary N) is 1. The largest absolute Gasteiger partial charge is 0.493 e. The van der Waals surface area contributed by atoms with Gasteiger partial charge in [-0.3, -0.25) is 9.29 Å². The van der Waals surface area contributed by atoms with E-state index in [-0.39, 0.29) is 24.2 Å². The summed E-state index contributed by atoms with van der Waals surface area (Å²) in [5, 5.41) is 16.7. The highest BCUT2D eigenvalue weighted by Gasteiger charge is 2.38. The Morgan fingerprint density at radius 3 is 2.62 bits per heavy atom. The van der Waals surface area contributed by atoms with Gasteiger partial charge in [0.1, 0.15) is 18.0 Å². The normalized spacial score (nSPS) is 15.9. The molecule has 0 saturated heterocycles. The zero-order valence-electron chi connectivity index (χ0n) is 23.1. The maximum atomic E-state index is 13.8. The average Bonchev–Trinajstić information content (AvgIpc) is 3.29. The van der Waals surface area contributed by atoms with Crippen LogP contribution in [0.4, 0.5) is 10.3 Å². The first-order valence-corrected chi connectivity index (χ1v) is 14.4. The number of fused-ring (bicyclic) bond motifs is 3. The molecule has 0 spiro atoms. The molecule has 1 aromatic carbocycles. The number of pyridine rings is 1. The van der Waals surface area contributed by atoms with Gasteiger partial charge >= 0.3 is 0 Å². The van der Waals surface area contributed by atoms with Gasteiger partial charge in [-0.2, -0.15) is 5.26 Å². The number of methoxy groups -OCH3 is 1. The highest BCUT2D eigenvalue weighted by molar-refractivity contribution is 7.93. The monoisotopic (exact) mass is 594 g/mol. The lowest BCUT2D eigenvalue weighted by molar-refractivity contribution is 0.00144. The van der Waals surface area contributed by atoms with Crippen LogP contribution < -0.4 is 14.2 Å². The molecule has 0 amide bonds. The van der Waals surface area contributed by atoms with Crippen molar-refractivity contribution in [3.05, 3.63) is 71.7 Å². The molecule has 218 valence electrons. The molecule has 0 radical (unpaired) electrons. The lowest BCUT2D eigenvalue weighted by Gasteiger charge is -2.26. The molecule has 0 bridgehead atoms. The molecular weight excluding hydrogens is 567 g/mol. The molecule has 1 N–H and O–H groups in total. The second-order valence-corrected chi connectivity index (χ2v) is 11.7. The van der Waals surface area contributed by atoms with Gasteiger partial charge in [-0.1, -0.05) is 12.1 Å². The molecule has 0 aliphatic carbocycles. The second kappa shape index (κ2) is 11.7. The molecule has 0 saturated carbocycles. The highest BCUT2D eigenvalue weighted by atomic mass is 32.2. The summed E-state index contributed by atoms with van der Waals surface area (Å²) in [6, 6.07) is 9.93. The summed E-state index contributed by atoms with van der Waals surface area (Å²) in [6.45, 7) is 4.92. The van der Waals surface area contributed by atoms with Crippen molar-refractivity contribution < 1.29 is 27.0 Å². The predicted molar refractivity (Wildman–Crippen MR) is 148 cm³/mol. The van der Waals surface area contributed by atoms with Crippen LogP contribution >= 0.6 is 0 Å². The van der Waals surface area contributed by atoms with Crippen molar-refractivity contribution in [3.8, 4) is 29.1 Å². The second-order valence-electron chi connectivity index (χ2n) is 9.69. The molecule has 1 aliphatic rings. The fraction of sp³-hybridized carbons (Fsp3) is 0.333. The standard InChI is InChI=1S/C27H27FN8O5S/c1-15(2)41-23(25-31-12-19(28)13-32-25)16(3)42(37,38)35-27-34-33-26-22-24(21(39-4)8-9-30-22)40-14-20(36(26)27)18-7-5-6-17(10-18)11-29/h5-10,12-13,15-16,20,23H,14H2,1-4H3,(H,34,35). The molecule has 5 rings (SSSR count). The Labute approximate surface area is 241 Å². The first-order chi connectivity index (χ1) is 20.1. The van der Waals surface area contributed by atoms with Gasteiger partial charge < -0.3 is 14.2 Å².